The largest absolute Gasteiger partial charge is 0.368 e. The highest BCUT2D eigenvalue weighted by molar-refractivity contribution is 6.30. The average Bonchev–Trinajstić information content (AvgIpc) is 2.55. The summed E-state index contributed by atoms with van der Waals surface area (Å²) in [7, 11) is 0. The van der Waals surface area contributed by atoms with E-state index in [4.69, 9.17) is 11.6 Å². The molecule has 22 heavy (non-hydrogen) atoms. The molecule has 4 nitrogen and oxygen atoms in total. The predicted octanol–water partition coefficient (Wildman–Crippen LogP) is 3.01. The van der Waals surface area contributed by atoms with E-state index in [2.05, 4.69) is 16.0 Å². The van der Waals surface area contributed by atoms with Crippen molar-refractivity contribution in [2.45, 2.75) is 6.92 Å². The summed E-state index contributed by atoms with van der Waals surface area (Å²) in [6.07, 6.45) is 3.37. The number of hydrogen-bond acceptors (Lipinski definition) is 3. The first-order valence-electron chi connectivity index (χ1n) is 7.35. The molecule has 0 aliphatic carbocycles. The van der Waals surface area contributed by atoms with Crippen LogP contribution >= 0.6 is 11.6 Å². The van der Waals surface area contributed by atoms with Crippen LogP contribution in [0.1, 0.15) is 15.9 Å². The van der Waals surface area contributed by atoms with Gasteiger partial charge in [0.15, 0.2) is 0 Å². The molecule has 0 bridgehead atoms. The zero-order chi connectivity index (χ0) is 15.5. The number of nitrogens with zero attached hydrogens (tertiary/aromatic N) is 3. The minimum atomic E-state index is 0.0661. The Balaban J connectivity index is 1.67. The molecule has 0 radical (unpaired) electrons. The minimum Gasteiger partial charge on any atom is -0.368 e. The Morgan fingerprint density at radius 3 is 2.64 bits per heavy atom. The van der Waals surface area contributed by atoms with Crippen molar-refractivity contribution in [1.82, 2.24) is 9.88 Å². The fourth-order valence-electron chi connectivity index (χ4n) is 2.70. The van der Waals surface area contributed by atoms with E-state index in [1.807, 2.05) is 36.1 Å². The molecule has 1 saturated heterocycles. The van der Waals surface area contributed by atoms with E-state index >= 15 is 0 Å². The molecule has 5 heteroatoms. The number of anilines is 1. The van der Waals surface area contributed by atoms with Gasteiger partial charge in [0.2, 0.25) is 0 Å². The summed E-state index contributed by atoms with van der Waals surface area (Å²) < 4.78 is 0. The monoisotopic (exact) mass is 315 g/mol. The summed E-state index contributed by atoms with van der Waals surface area (Å²) in [5.41, 5.74) is 2.77. The smallest absolute Gasteiger partial charge is 0.255 e. The molecular weight excluding hydrogens is 298 g/mol. The molecule has 2 heterocycles. The standard InChI is InChI=1S/C17H18ClN3O/c1-13-5-6-19-12-16(13)17(22)21-9-7-20(8-10-21)15-4-2-3-14(18)11-15/h2-6,11-12H,7-10H2,1H3. The molecule has 0 saturated carbocycles. The van der Waals surface area contributed by atoms with E-state index in [-0.39, 0.29) is 5.91 Å². The number of rotatable bonds is 2. The second-order valence-corrected chi connectivity index (χ2v) is 5.89. The van der Waals surface area contributed by atoms with Gasteiger partial charge in [0.1, 0.15) is 0 Å². The third-order valence-electron chi connectivity index (χ3n) is 4.01. The first-order valence-corrected chi connectivity index (χ1v) is 7.73. The fourth-order valence-corrected chi connectivity index (χ4v) is 2.88. The molecule has 1 aliphatic heterocycles. The number of aromatic nitrogens is 1. The average molecular weight is 316 g/mol. The molecule has 0 atom stereocenters. The van der Waals surface area contributed by atoms with E-state index in [1.54, 1.807) is 12.4 Å². The number of benzene rings is 1. The van der Waals surface area contributed by atoms with E-state index < -0.39 is 0 Å². The van der Waals surface area contributed by atoms with Crippen LogP contribution in [-0.4, -0.2) is 42.0 Å². The molecule has 3 rings (SSSR count). The highest BCUT2D eigenvalue weighted by Gasteiger charge is 2.23. The maximum absolute atomic E-state index is 12.6. The highest BCUT2D eigenvalue weighted by Crippen LogP contribution is 2.21. The van der Waals surface area contributed by atoms with Crippen molar-refractivity contribution in [3.63, 3.8) is 0 Å². The maximum Gasteiger partial charge on any atom is 0.255 e. The first kappa shape index (κ1) is 14.9. The van der Waals surface area contributed by atoms with Crippen molar-refractivity contribution in [3.8, 4) is 0 Å². The SMILES string of the molecule is Cc1ccncc1C(=O)N1CCN(c2cccc(Cl)c2)CC1. The number of carbonyl (C=O) groups excluding carboxylic acids is 1. The summed E-state index contributed by atoms with van der Waals surface area (Å²) in [4.78, 5) is 20.8. The minimum absolute atomic E-state index is 0.0661. The van der Waals surface area contributed by atoms with Crippen LogP contribution in [0.15, 0.2) is 42.7 Å². The molecule has 114 valence electrons. The van der Waals surface area contributed by atoms with Gasteiger partial charge in [-0.25, -0.2) is 0 Å². The fraction of sp³-hybridized carbons (Fsp3) is 0.294. The highest BCUT2D eigenvalue weighted by atomic mass is 35.5. The molecule has 1 aromatic carbocycles. The van der Waals surface area contributed by atoms with Crippen molar-refractivity contribution in [2.24, 2.45) is 0 Å². The van der Waals surface area contributed by atoms with Crippen molar-refractivity contribution in [2.75, 3.05) is 31.1 Å². The molecule has 1 amide bonds. The van der Waals surface area contributed by atoms with Crippen molar-refractivity contribution >= 4 is 23.2 Å². The number of hydrogen-bond donors (Lipinski definition) is 0. The van der Waals surface area contributed by atoms with Crippen molar-refractivity contribution in [3.05, 3.63) is 58.9 Å². The second-order valence-electron chi connectivity index (χ2n) is 5.45. The van der Waals surface area contributed by atoms with Gasteiger partial charge in [-0.05, 0) is 36.8 Å². The number of aryl methyl sites for hydroxylation is 1. The van der Waals surface area contributed by atoms with Gasteiger partial charge in [0.05, 0.1) is 5.56 Å². The zero-order valence-electron chi connectivity index (χ0n) is 12.5. The van der Waals surface area contributed by atoms with Crippen LogP contribution in [0.3, 0.4) is 0 Å². The third kappa shape index (κ3) is 3.07. The summed E-state index contributed by atoms with van der Waals surface area (Å²) in [5, 5.41) is 0.738. The molecule has 0 N–H and O–H groups in total. The lowest BCUT2D eigenvalue weighted by molar-refractivity contribution is 0.0745. The van der Waals surface area contributed by atoms with E-state index in [0.717, 1.165) is 29.4 Å². The Morgan fingerprint density at radius 1 is 1.18 bits per heavy atom. The number of piperazine rings is 1. The molecule has 0 spiro atoms. The lowest BCUT2D eigenvalue weighted by Gasteiger charge is -2.36. The van der Waals surface area contributed by atoms with Gasteiger partial charge in [0.25, 0.3) is 5.91 Å². The summed E-state index contributed by atoms with van der Waals surface area (Å²) in [6, 6.07) is 9.71. The van der Waals surface area contributed by atoms with Gasteiger partial charge in [-0.15, -0.1) is 0 Å². The summed E-state index contributed by atoms with van der Waals surface area (Å²) in [5.74, 6) is 0.0661. The van der Waals surface area contributed by atoms with Crippen LogP contribution < -0.4 is 4.90 Å². The van der Waals surface area contributed by atoms with Gasteiger partial charge >= 0.3 is 0 Å². The van der Waals surface area contributed by atoms with Crippen LogP contribution in [0.5, 0.6) is 0 Å². The van der Waals surface area contributed by atoms with E-state index in [9.17, 15) is 4.79 Å². The number of carbonyl (C=O) groups is 1. The predicted molar refractivity (Wildman–Crippen MR) is 88.5 cm³/mol. The van der Waals surface area contributed by atoms with Crippen LogP contribution in [0.4, 0.5) is 5.69 Å². The van der Waals surface area contributed by atoms with Crippen molar-refractivity contribution < 1.29 is 4.79 Å². The van der Waals surface area contributed by atoms with Gasteiger partial charge in [-0.1, -0.05) is 17.7 Å². The van der Waals surface area contributed by atoms with E-state index in [1.165, 1.54) is 0 Å². The lowest BCUT2D eigenvalue weighted by Crippen LogP contribution is -2.49. The van der Waals surface area contributed by atoms with Gasteiger partial charge in [0, 0.05) is 49.3 Å². The topological polar surface area (TPSA) is 36.4 Å². The second kappa shape index (κ2) is 6.36. The number of amides is 1. The van der Waals surface area contributed by atoms with Gasteiger partial charge in [-0.2, -0.15) is 0 Å². The molecule has 1 aromatic heterocycles. The number of halogens is 1. The molecule has 1 aliphatic rings. The first-order chi connectivity index (χ1) is 10.6. The summed E-state index contributed by atoms with van der Waals surface area (Å²) in [6.45, 7) is 4.98. The maximum atomic E-state index is 12.6. The summed E-state index contributed by atoms with van der Waals surface area (Å²) >= 11 is 6.04. The van der Waals surface area contributed by atoms with Crippen LogP contribution in [0, 0.1) is 6.92 Å². The molecular formula is C17H18ClN3O. The zero-order valence-corrected chi connectivity index (χ0v) is 13.3. The quantitative estimate of drug-likeness (QED) is 0.855. The Morgan fingerprint density at radius 2 is 1.95 bits per heavy atom. The number of pyridine rings is 1. The molecule has 2 aromatic rings. The normalized spacial score (nSPS) is 15.0. The Labute approximate surface area is 135 Å². The molecule has 0 unspecified atom stereocenters. The molecule has 1 fully saturated rings. The van der Waals surface area contributed by atoms with Crippen molar-refractivity contribution in [1.29, 1.82) is 0 Å². The van der Waals surface area contributed by atoms with Crippen LogP contribution in [-0.2, 0) is 0 Å². The van der Waals surface area contributed by atoms with Crippen LogP contribution in [0.25, 0.3) is 0 Å². The van der Waals surface area contributed by atoms with Gasteiger partial charge < -0.3 is 9.80 Å². The lowest BCUT2D eigenvalue weighted by atomic mass is 10.1. The van der Waals surface area contributed by atoms with E-state index in [0.29, 0.717) is 18.7 Å². The van der Waals surface area contributed by atoms with Crippen LogP contribution in [0.2, 0.25) is 5.02 Å². The Hall–Kier alpha value is -2.07. The third-order valence-corrected chi connectivity index (χ3v) is 4.24. The van der Waals surface area contributed by atoms with Gasteiger partial charge in [-0.3, -0.25) is 9.78 Å². The Bertz CT molecular complexity index is 681. The Kier molecular flexibility index (Phi) is 4.29.